The summed E-state index contributed by atoms with van der Waals surface area (Å²) in [5.41, 5.74) is 0. The van der Waals surface area contributed by atoms with Gasteiger partial charge in [0.2, 0.25) is 5.91 Å². The first-order chi connectivity index (χ1) is 26.0. The van der Waals surface area contributed by atoms with Gasteiger partial charge in [-0.15, -0.1) is 0 Å². The second-order valence-corrected chi connectivity index (χ2v) is 16.3. The third kappa shape index (κ3) is 25.9. The van der Waals surface area contributed by atoms with Crippen LogP contribution in [0.5, 0.6) is 0 Å². The summed E-state index contributed by atoms with van der Waals surface area (Å²) in [6.45, 7) is 3.37. The van der Waals surface area contributed by atoms with Crippen molar-refractivity contribution in [3.63, 3.8) is 0 Å². The normalized spacial score (nSPS) is 21.8. The van der Waals surface area contributed by atoms with Crippen molar-refractivity contribution in [3.05, 3.63) is 12.2 Å². The fourth-order valence-corrected chi connectivity index (χ4v) is 7.43. The lowest BCUT2D eigenvalue weighted by Crippen LogP contribution is -2.61. The van der Waals surface area contributed by atoms with E-state index in [4.69, 9.17) is 14.0 Å². The van der Waals surface area contributed by atoms with Crippen LogP contribution in [0.2, 0.25) is 0 Å². The van der Waals surface area contributed by atoms with Crippen LogP contribution in [-0.4, -0.2) is 95.4 Å². The molecular weight excluding hydrogens is 715 g/mol. The molecular formula is C41H79NO11S. The van der Waals surface area contributed by atoms with Gasteiger partial charge in [0, 0.05) is 6.42 Å². The summed E-state index contributed by atoms with van der Waals surface area (Å²) in [5, 5.41) is 44.6. The van der Waals surface area contributed by atoms with Crippen LogP contribution in [0.25, 0.3) is 0 Å². The van der Waals surface area contributed by atoms with E-state index in [1.54, 1.807) is 6.08 Å². The van der Waals surface area contributed by atoms with E-state index in [0.29, 0.717) is 6.42 Å². The van der Waals surface area contributed by atoms with E-state index < -0.39 is 59.9 Å². The van der Waals surface area contributed by atoms with Gasteiger partial charge >= 0.3 is 10.4 Å². The maximum atomic E-state index is 13.0. The lowest BCUT2D eigenvalue weighted by atomic mass is 9.99. The largest absolute Gasteiger partial charge is 0.397 e. The zero-order valence-corrected chi connectivity index (χ0v) is 34.6. The highest BCUT2D eigenvalue weighted by Crippen LogP contribution is 2.26. The molecule has 0 spiro atoms. The Morgan fingerprint density at radius 2 is 1.17 bits per heavy atom. The smallest absolute Gasteiger partial charge is 0.394 e. The van der Waals surface area contributed by atoms with Crippen molar-refractivity contribution in [1.82, 2.24) is 5.32 Å². The maximum absolute atomic E-state index is 13.0. The molecule has 1 rings (SSSR count). The monoisotopic (exact) mass is 794 g/mol. The number of amides is 1. The van der Waals surface area contributed by atoms with Gasteiger partial charge in [-0.3, -0.25) is 9.35 Å². The van der Waals surface area contributed by atoms with E-state index in [0.717, 1.165) is 38.5 Å². The highest BCUT2D eigenvalue weighted by molar-refractivity contribution is 7.80. The average molecular weight is 794 g/mol. The summed E-state index contributed by atoms with van der Waals surface area (Å²) < 4.78 is 47.5. The second-order valence-electron chi connectivity index (χ2n) is 15.3. The number of aliphatic hydroxyl groups is 4. The fourth-order valence-electron chi connectivity index (χ4n) is 6.92. The van der Waals surface area contributed by atoms with Crippen molar-refractivity contribution in [2.24, 2.45) is 0 Å². The first-order valence-electron chi connectivity index (χ1n) is 21.6. The van der Waals surface area contributed by atoms with Gasteiger partial charge in [0.15, 0.2) is 6.29 Å². The van der Waals surface area contributed by atoms with Crippen LogP contribution in [0.15, 0.2) is 12.2 Å². The molecule has 0 aromatic heterocycles. The number of nitrogens with one attached hydrogen (secondary N) is 1. The van der Waals surface area contributed by atoms with E-state index in [2.05, 4.69) is 23.3 Å². The molecule has 0 bridgehead atoms. The van der Waals surface area contributed by atoms with Crippen molar-refractivity contribution in [2.75, 3.05) is 13.2 Å². The number of rotatable bonds is 36. The van der Waals surface area contributed by atoms with Crippen LogP contribution in [0.3, 0.4) is 0 Å². The Kier molecular flexibility index (Phi) is 31.0. The Morgan fingerprint density at radius 1 is 0.722 bits per heavy atom. The highest BCUT2D eigenvalue weighted by Gasteiger charge is 2.48. The molecule has 1 fully saturated rings. The molecule has 0 radical (unpaired) electrons. The van der Waals surface area contributed by atoms with Crippen LogP contribution in [-0.2, 0) is 28.9 Å². The molecule has 0 aliphatic carbocycles. The number of aliphatic hydroxyl groups excluding tert-OH is 4. The van der Waals surface area contributed by atoms with E-state index >= 15 is 0 Å². The number of hydrogen-bond acceptors (Lipinski definition) is 10. The van der Waals surface area contributed by atoms with Crippen molar-refractivity contribution >= 4 is 16.3 Å². The molecule has 1 saturated heterocycles. The van der Waals surface area contributed by atoms with Gasteiger partial charge in [0.25, 0.3) is 0 Å². The molecule has 12 nitrogen and oxygen atoms in total. The summed E-state index contributed by atoms with van der Waals surface area (Å²) in [4.78, 5) is 13.0. The molecule has 320 valence electrons. The van der Waals surface area contributed by atoms with Crippen LogP contribution >= 0.6 is 0 Å². The molecule has 0 aromatic carbocycles. The predicted molar refractivity (Wildman–Crippen MR) is 213 cm³/mol. The van der Waals surface area contributed by atoms with Crippen molar-refractivity contribution < 1.29 is 51.8 Å². The number of allylic oxidation sites excluding steroid dienone is 1. The van der Waals surface area contributed by atoms with Gasteiger partial charge in [-0.1, -0.05) is 174 Å². The zero-order chi connectivity index (χ0) is 39.9. The SMILES string of the molecule is CCCCCCCCCCCCC/C=C/[C@@H](O)[C@H](CO[C@@H]1O[C@H](CO)[C@H](O)[C@H](OS(=O)(=O)O)[C@H]1O)NC(=O)CCCCCCCCCCCCCCCC. The molecule has 54 heavy (non-hydrogen) atoms. The Bertz CT molecular complexity index is 1030. The standard InChI is InChI=1S/C41H79NO11S/c1-3-5-7-9-11-13-15-17-19-21-23-25-27-29-31-37(45)42-34(35(44)30-28-26-24-22-20-18-16-14-12-10-8-6-4-2)33-51-41-39(47)40(53-54(48,49)50)38(46)36(32-43)52-41/h28,30,34-36,38-41,43-44,46-47H,3-27,29,31-33H2,1-2H3,(H,42,45)(H,48,49,50)/b30-28+/t34-,35+,36+,38-,39+,40-,41+/m0/s1. The molecule has 1 heterocycles. The predicted octanol–water partition coefficient (Wildman–Crippen LogP) is 7.60. The minimum Gasteiger partial charge on any atom is -0.394 e. The first-order valence-corrected chi connectivity index (χ1v) is 22.9. The van der Waals surface area contributed by atoms with Gasteiger partial charge in [-0.05, 0) is 19.3 Å². The molecule has 0 unspecified atom stereocenters. The van der Waals surface area contributed by atoms with E-state index in [1.807, 2.05) is 6.08 Å². The van der Waals surface area contributed by atoms with Crippen LogP contribution < -0.4 is 5.32 Å². The number of carbonyl (C=O) groups excluding carboxylic acids is 1. The van der Waals surface area contributed by atoms with Crippen LogP contribution in [0.4, 0.5) is 0 Å². The van der Waals surface area contributed by atoms with Gasteiger partial charge in [0.05, 0.1) is 25.4 Å². The number of ether oxygens (including phenoxy) is 2. The van der Waals surface area contributed by atoms with Crippen LogP contribution in [0.1, 0.15) is 187 Å². The maximum Gasteiger partial charge on any atom is 0.397 e. The zero-order valence-electron chi connectivity index (χ0n) is 33.8. The van der Waals surface area contributed by atoms with E-state index in [1.165, 1.54) is 122 Å². The molecule has 1 amide bonds. The first kappa shape index (κ1) is 50.9. The number of carbonyl (C=O) groups is 1. The average Bonchev–Trinajstić information content (AvgIpc) is 3.14. The summed E-state index contributed by atoms with van der Waals surface area (Å²) in [6, 6.07) is -0.936. The minimum atomic E-state index is -5.08. The Hall–Kier alpha value is -1.16. The summed E-state index contributed by atoms with van der Waals surface area (Å²) in [6.07, 6.45) is 25.3. The molecule has 0 aromatic rings. The minimum absolute atomic E-state index is 0.262. The summed E-state index contributed by atoms with van der Waals surface area (Å²) >= 11 is 0. The van der Waals surface area contributed by atoms with Crippen molar-refractivity contribution in [2.45, 2.75) is 230 Å². The molecule has 1 aliphatic rings. The second kappa shape index (κ2) is 32.9. The van der Waals surface area contributed by atoms with Gasteiger partial charge in [-0.2, -0.15) is 8.42 Å². The Morgan fingerprint density at radius 3 is 1.61 bits per heavy atom. The molecule has 7 atom stereocenters. The van der Waals surface area contributed by atoms with E-state index in [9.17, 15) is 33.6 Å². The lowest BCUT2D eigenvalue weighted by molar-refractivity contribution is -0.298. The molecule has 13 heteroatoms. The summed E-state index contributed by atoms with van der Waals surface area (Å²) in [7, 11) is -5.08. The highest BCUT2D eigenvalue weighted by atomic mass is 32.3. The summed E-state index contributed by atoms with van der Waals surface area (Å²) in [5.74, 6) is -0.262. The molecule has 6 N–H and O–H groups in total. The quantitative estimate of drug-likeness (QED) is 0.0208. The lowest BCUT2D eigenvalue weighted by Gasteiger charge is -2.41. The Labute approximate surface area is 328 Å². The van der Waals surface area contributed by atoms with Crippen molar-refractivity contribution in [1.29, 1.82) is 0 Å². The third-order valence-electron chi connectivity index (χ3n) is 10.3. The van der Waals surface area contributed by atoms with E-state index in [-0.39, 0.29) is 18.9 Å². The van der Waals surface area contributed by atoms with Crippen molar-refractivity contribution in [3.8, 4) is 0 Å². The van der Waals surface area contributed by atoms with Gasteiger partial charge in [-0.25, -0.2) is 4.18 Å². The van der Waals surface area contributed by atoms with Gasteiger partial charge < -0.3 is 35.2 Å². The molecule has 0 saturated carbocycles. The van der Waals surface area contributed by atoms with Gasteiger partial charge in [0.1, 0.15) is 24.4 Å². The molecule has 1 aliphatic heterocycles. The number of unbranched alkanes of at least 4 members (excludes halogenated alkanes) is 24. The third-order valence-corrected chi connectivity index (χ3v) is 10.8. The topological polar surface area (TPSA) is 192 Å². The fraction of sp³-hybridized carbons (Fsp3) is 0.927. The Balaban J connectivity index is 2.57. The van der Waals surface area contributed by atoms with Crippen LogP contribution in [0, 0.1) is 0 Å². The number of hydrogen-bond donors (Lipinski definition) is 6.